The van der Waals surface area contributed by atoms with E-state index in [4.69, 9.17) is 547 Å². The summed E-state index contributed by atoms with van der Waals surface area (Å²) in [5, 5.41) is 0. The molecule has 3 nitrogen and oxygen atoms in total. The lowest BCUT2D eigenvalue weighted by molar-refractivity contribution is 0.385. The van der Waals surface area contributed by atoms with Crippen LogP contribution in [0.2, 0.25) is 0 Å². The zero-order valence-corrected chi connectivity index (χ0v) is 65.6. The molecule has 0 amide bonds. The molecule has 0 radical (unpaired) electrons. The Morgan fingerprint density at radius 1 is 0.181 bits per heavy atom. The van der Waals surface area contributed by atoms with Crippen molar-refractivity contribution in [2.75, 3.05) is 0 Å². The lowest BCUT2D eigenvalue weighted by Gasteiger charge is -2.59. The largest absolute Gasteiger partial charge is 0.750 e. The zero-order valence-electron chi connectivity index (χ0n) is 30.1. The smallest absolute Gasteiger partial charge is 0.226 e. The molecule has 1 atom stereocenters. The molecule has 0 aromatic carbocycles. The summed E-state index contributed by atoms with van der Waals surface area (Å²) in [7, 11) is 0. The fraction of sp³-hybridized carbons (Fsp3) is 1.00. The van der Waals surface area contributed by atoms with E-state index in [1.807, 2.05) is 0 Å². The molecule has 0 saturated heterocycles. The number of hydrogen-bond donors (Lipinski definition) is 1. The lowest BCUT2D eigenvalue weighted by atomic mass is 9.95. The van der Waals surface area contributed by atoms with E-state index in [-0.39, 0.29) is 0 Å². The first-order valence-corrected chi connectivity index (χ1v) is 32.9. The average Bonchev–Trinajstić information content (AvgIpc) is 3.11. The van der Waals surface area contributed by atoms with Gasteiger partial charge in [0.25, 0.3) is 0 Å². The maximum Gasteiger partial charge on any atom is 0.226 e. The highest BCUT2D eigenvalue weighted by atomic mass is 35.6. The molecule has 1 N–H and O–H groups in total. The first-order valence-electron chi connectivity index (χ1n) is 14.5. The van der Waals surface area contributed by atoms with Crippen LogP contribution in [0.3, 0.4) is 0 Å². The van der Waals surface area contributed by atoms with Gasteiger partial charge in [0.2, 0.25) is 16.3 Å². The second-order valence-electron chi connectivity index (χ2n) is 12.7. The molecule has 0 aliphatic rings. The van der Waals surface area contributed by atoms with E-state index in [1.165, 1.54) is 0 Å². The van der Waals surface area contributed by atoms with E-state index < -0.39 is 106 Å². The Bertz CT molecular complexity index is 1810. The van der Waals surface area contributed by atoms with Gasteiger partial charge in [0.05, 0.1) is 11.4 Å². The minimum atomic E-state index is -3.86. The van der Waals surface area contributed by atoms with E-state index in [9.17, 15) is 0 Å². The van der Waals surface area contributed by atoms with Crippen molar-refractivity contribution < 1.29 is 13.3 Å². The van der Waals surface area contributed by atoms with E-state index in [0.29, 0.717) is 0 Å². The zero-order chi connectivity index (χ0) is 60.6. The maximum atomic E-state index is 8.56. The average molecular weight is 1980 g/mol. The summed E-state index contributed by atoms with van der Waals surface area (Å²) in [5.74, 6) is 0. The van der Waals surface area contributed by atoms with E-state index in [2.05, 4.69) is 0 Å². The standard InChI is InChI=1S/C22Cl46.H2O3S/c23-1(24,3(27,28)5(31,32)7(35,36)9(39,40)11(43,44)13(47,48)15(51,52)17(55,56)19(59,60)21(63,64)65)2(25,26)4(29,30)6(33,34)8(37,38)10(41,42)12(45,46)14(49,50)16(53,54)18(57,58)20(61,62)22(66,67)68;1-4(2)3/h;(H2,1,2,3)/p-1. The molecular weight excluding hydrogens is 1980 g/mol. The van der Waals surface area contributed by atoms with Crippen molar-refractivity contribution in [2.45, 2.75) is 94.3 Å². The van der Waals surface area contributed by atoms with E-state index >= 15 is 0 Å². The normalized spacial score (nSPS) is 17.4. The van der Waals surface area contributed by atoms with Crippen LogP contribution in [0.15, 0.2) is 0 Å². The van der Waals surface area contributed by atoms with Gasteiger partial charge >= 0.3 is 0 Å². The van der Waals surface area contributed by atoms with Crippen LogP contribution in [0, 0.1) is 0 Å². The van der Waals surface area contributed by atoms with Gasteiger partial charge in [-0.25, -0.2) is 4.21 Å². The number of halogens is 46. The second-order valence-corrected chi connectivity index (χ2v) is 44.2. The molecule has 0 bridgehead atoms. The van der Waals surface area contributed by atoms with Crippen LogP contribution in [0.25, 0.3) is 0 Å². The van der Waals surface area contributed by atoms with E-state index in [1.54, 1.807) is 0 Å². The third kappa shape index (κ3) is 13.8. The number of hydrogen-bond acceptors (Lipinski definition) is 2. The fourth-order valence-electron chi connectivity index (χ4n) is 3.91. The highest BCUT2D eigenvalue weighted by Gasteiger charge is 2.89. The highest BCUT2D eigenvalue weighted by Crippen LogP contribution is 2.80. The van der Waals surface area contributed by atoms with Gasteiger partial charge in [-0.1, -0.05) is 534 Å². The molecule has 50 heteroatoms. The van der Waals surface area contributed by atoms with Crippen LogP contribution < -0.4 is 0 Å². The monoisotopic (exact) mass is 1950 g/mol. The van der Waals surface area contributed by atoms with Gasteiger partial charge in [0.15, 0.2) is 78.0 Å². The Morgan fingerprint density at radius 2 is 0.222 bits per heavy atom. The summed E-state index contributed by atoms with van der Waals surface area (Å²) in [6.45, 7) is 0. The van der Waals surface area contributed by atoms with Crippen molar-refractivity contribution in [1.29, 1.82) is 0 Å². The first kappa shape index (κ1) is 87.5. The minimum Gasteiger partial charge on any atom is -0.750 e. The Morgan fingerprint density at radius 3 is 0.264 bits per heavy atom. The summed E-state index contributed by atoms with van der Waals surface area (Å²) >= 11 is 292. The van der Waals surface area contributed by atoms with Crippen molar-refractivity contribution in [3.63, 3.8) is 0 Å². The SMILES string of the molecule is ClC(Cl)(Cl)C(Cl)(Cl)C(Cl)(Cl)C(Cl)(Cl)C(Cl)(Cl)C(Cl)(Cl)C(Cl)(Cl)C(Cl)(Cl)C(Cl)(Cl)C(Cl)(Cl)C(Cl)(Cl)C(Cl)(Cl)C(Cl)(Cl)C(Cl)(Cl)C(Cl)(Cl)C(Cl)(Cl)C(Cl)(Cl)C(Cl)(Cl)C(Cl)(Cl)C(Cl)(Cl)C(Cl)(Cl)C(Cl)(Cl)Cl.O=S([O-])O. The van der Waals surface area contributed by atoms with Crippen LogP contribution in [0.5, 0.6) is 0 Å². The predicted molar refractivity (Wildman–Crippen MR) is 341 cm³/mol. The Balaban J connectivity index is 0. The van der Waals surface area contributed by atoms with Gasteiger partial charge in [0, 0.05) is 0 Å². The molecule has 1 unspecified atom stereocenters. The van der Waals surface area contributed by atoms with Gasteiger partial charge in [-0.3, -0.25) is 0 Å². The second kappa shape index (κ2) is 26.7. The molecule has 0 fully saturated rings. The van der Waals surface area contributed by atoms with Crippen LogP contribution in [-0.4, -0.2) is 108 Å². The summed E-state index contributed by atoms with van der Waals surface area (Å²) in [6.07, 6.45) is 0. The molecule has 0 aromatic rings. The van der Waals surface area contributed by atoms with Gasteiger partial charge in [-0.15, -0.1) is 0 Å². The van der Waals surface area contributed by atoms with Crippen molar-refractivity contribution in [3.8, 4) is 0 Å². The molecule has 0 spiro atoms. The molecule has 72 heavy (non-hydrogen) atoms. The van der Waals surface area contributed by atoms with Crippen molar-refractivity contribution in [3.05, 3.63) is 0 Å². The quantitative estimate of drug-likeness (QED) is 0.104. The summed E-state index contributed by atoms with van der Waals surface area (Å²) in [4.78, 5) is 0. The summed E-state index contributed by atoms with van der Waals surface area (Å²) in [6, 6.07) is 0. The van der Waals surface area contributed by atoms with Gasteiger partial charge in [-0.2, -0.15) is 0 Å². The Labute approximate surface area is 641 Å². The van der Waals surface area contributed by atoms with Crippen molar-refractivity contribution >= 4 is 545 Å². The number of alkyl halides is 46. The van der Waals surface area contributed by atoms with Crippen molar-refractivity contribution in [1.82, 2.24) is 0 Å². The van der Waals surface area contributed by atoms with Crippen LogP contribution in [0.4, 0.5) is 0 Å². The summed E-state index contributed by atoms with van der Waals surface area (Å²) < 4.78 is -54.6. The Kier molecular flexibility index (Phi) is 32.4. The third-order valence-electron chi connectivity index (χ3n) is 8.20. The maximum absolute atomic E-state index is 8.56. The van der Waals surface area contributed by atoms with Gasteiger partial charge in [-0.05, 0) is 0 Å². The molecule has 0 saturated carbocycles. The molecule has 0 rings (SSSR count). The highest BCUT2D eigenvalue weighted by molar-refractivity contribution is 7.73. The lowest BCUT2D eigenvalue weighted by Crippen LogP contribution is -2.76. The van der Waals surface area contributed by atoms with Gasteiger partial charge < -0.3 is 9.11 Å². The topological polar surface area (TPSA) is 60.4 Å². The molecule has 0 aliphatic heterocycles. The molecular formula is C22HCl46O3S-. The van der Waals surface area contributed by atoms with Crippen molar-refractivity contribution in [2.24, 2.45) is 0 Å². The van der Waals surface area contributed by atoms with Crippen LogP contribution in [0.1, 0.15) is 0 Å². The van der Waals surface area contributed by atoms with Crippen LogP contribution >= 0.6 is 534 Å². The van der Waals surface area contributed by atoms with E-state index in [0.717, 1.165) is 0 Å². The first-order chi connectivity index (χ1) is 30.0. The van der Waals surface area contributed by atoms with Gasteiger partial charge in [0.1, 0.15) is 0 Å². The minimum absolute atomic E-state index is 2.86. The summed E-state index contributed by atoms with van der Waals surface area (Å²) in [5.41, 5.74) is 0. The molecule has 0 aromatic heterocycles. The molecule has 436 valence electrons. The molecule has 0 aliphatic carbocycles. The van der Waals surface area contributed by atoms with Crippen LogP contribution in [-0.2, 0) is 11.4 Å². The number of rotatable bonds is 19. The predicted octanol–water partition coefficient (Wildman–Crippen LogP) is 26.5. The fourth-order valence-corrected chi connectivity index (χ4v) is 19.6. The third-order valence-corrected chi connectivity index (χ3v) is 41.1. The molecule has 0 heterocycles. The Hall–Kier alpha value is 13.4.